The molecule has 0 aromatic heterocycles. The maximum atomic E-state index is 11.2. The zero-order chi connectivity index (χ0) is 10.4. The van der Waals surface area contributed by atoms with Crippen molar-refractivity contribution in [3.05, 3.63) is 0 Å². The summed E-state index contributed by atoms with van der Waals surface area (Å²) in [6.07, 6.45) is 3.26. The van der Waals surface area contributed by atoms with Crippen molar-refractivity contribution in [2.24, 2.45) is 0 Å². The van der Waals surface area contributed by atoms with Crippen LogP contribution in [0, 0.1) is 0 Å². The van der Waals surface area contributed by atoms with Gasteiger partial charge in [-0.15, -0.1) is 0 Å². The summed E-state index contributed by atoms with van der Waals surface area (Å²) in [6, 6.07) is -0.512. The summed E-state index contributed by atoms with van der Waals surface area (Å²) >= 11 is 0. The lowest BCUT2D eigenvalue weighted by Gasteiger charge is -2.28. The van der Waals surface area contributed by atoms with E-state index in [0.717, 1.165) is 25.7 Å². The van der Waals surface area contributed by atoms with Gasteiger partial charge in [0.25, 0.3) is 0 Å². The van der Waals surface area contributed by atoms with Crippen molar-refractivity contribution in [1.82, 2.24) is 10.8 Å². The van der Waals surface area contributed by atoms with Gasteiger partial charge in [-0.3, -0.25) is 4.84 Å². The molecule has 3 N–H and O–H groups in total. The van der Waals surface area contributed by atoms with E-state index in [9.17, 15) is 9.90 Å². The van der Waals surface area contributed by atoms with Gasteiger partial charge >= 0.3 is 6.03 Å². The zero-order valence-corrected chi connectivity index (χ0v) is 8.45. The van der Waals surface area contributed by atoms with Crippen molar-refractivity contribution in [3.63, 3.8) is 0 Å². The Hall–Kier alpha value is -0.810. The topological polar surface area (TPSA) is 70.6 Å². The highest BCUT2D eigenvalue weighted by Crippen LogP contribution is 2.17. The van der Waals surface area contributed by atoms with Gasteiger partial charge in [0.05, 0.1) is 18.8 Å². The first-order valence-electron chi connectivity index (χ1n) is 5.10. The Labute approximate surface area is 83.8 Å². The Kier molecular flexibility index (Phi) is 4.69. The normalized spacial score (nSPS) is 27.0. The predicted octanol–water partition coefficient (Wildman–Crippen LogP) is 0.541. The van der Waals surface area contributed by atoms with Crippen LogP contribution in [0.3, 0.4) is 0 Å². The molecule has 0 aromatic rings. The number of aliphatic hydroxyl groups excluding tert-OH is 1. The van der Waals surface area contributed by atoms with Gasteiger partial charge < -0.3 is 10.4 Å². The number of rotatable bonds is 3. The number of aliphatic hydroxyl groups is 1. The van der Waals surface area contributed by atoms with Crippen LogP contribution in [0.25, 0.3) is 0 Å². The molecule has 5 nitrogen and oxygen atoms in total. The molecule has 14 heavy (non-hydrogen) atoms. The van der Waals surface area contributed by atoms with Gasteiger partial charge in [0.2, 0.25) is 0 Å². The number of hydroxylamine groups is 1. The van der Waals surface area contributed by atoms with Gasteiger partial charge in [-0.25, -0.2) is 10.3 Å². The fourth-order valence-electron chi connectivity index (χ4n) is 1.62. The van der Waals surface area contributed by atoms with Crippen LogP contribution in [0.1, 0.15) is 32.6 Å². The third-order valence-corrected chi connectivity index (χ3v) is 2.36. The van der Waals surface area contributed by atoms with Crippen molar-refractivity contribution < 1.29 is 14.7 Å². The highest BCUT2D eigenvalue weighted by atomic mass is 16.7. The maximum Gasteiger partial charge on any atom is 0.339 e. The molecule has 0 bridgehead atoms. The summed E-state index contributed by atoms with van der Waals surface area (Å²) in [6.45, 7) is 2.22. The van der Waals surface area contributed by atoms with E-state index in [1.165, 1.54) is 0 Å². The van der Waals surface area contributed by atoms with Gasteiger partial charge in [-0.1, -0.05) is 12.8 Å². The second-order valence-corrected chi connectivity index (χ2v) is 3.47. The maximum absolute atomic E-state index is 11.2. The second kappa shape index (κ2) is 5.82. The first-order valence-corrected chi connectivity index (χ1v) is 5.10. The van der Waals surface area contributed by atoms with Crippen molar-refractivity contribution >= 4 is 6.03 Å². The van der Waals surface area contributed by atoms with Crippen LogP contribution < -0.4 is 10.8 Å². The van der Waals surface area contributed by atoms with Gasteiger partial charge in [-0.2, -0.15) is 0 Å². The molecular formula is C9H18N2O3. The third kappa shape index (κ3) is 3.51. The van der Waals surface area contributed by atoms with Gasteiger partial charge in [-0.05, 0) is 19.8 Å². The molecule has 0 aromatic carbocycles. The average molecular weight is 202 g/mol. The molecule has 5 heteroatoms. The van der Waals surface area contributed by atoms with E-state index in [1.54, 1.807) is 6.92 Å². The van der Waals surface area contributed by atoms with E-state index in [4.69, 9.17) is 4.84 Å². The van der Waals surface area contributed by atoms with Crippen LogP contribution in [-0.4, -0.2) is 29.9 Å². The number of carbonyl (C=O) groups is 1. The molecule has 0 spiro atoms. The van der Waals surface area contributed by atoms with E-state index in [1.807, 2.05) is 0 Å². The van der Waals surface area contributed by atoms with Crippen LogP contribution in [0.15, 0.2) is 0 Å². The summed E-state index contributed by atoms with van der Waals surface area (Å²) in [5.74, 6) is 0. The molecule has 1 saturated carbocycles. The van der Waals surface area contributed by atoms with E-state index < -0.39 is 6.10 Å². The molecule has 0 radical (unpaired) electrons. The van der Waals surface area contributed by atoms with Crippen molar-refractivity contribution in [3.8, 4) is 0 Å². The molecule has 2 unspecified atom stereocenters. The van der Waals surface area contributed by atoms with E-state index >= 15 is 0 Å². The summed E-state index contributed by atoms with van der Waals surface area (Å²) in [7, 11) is 0. The number of nitrogens with one attached hydrogen (secondary N) is 2. The van der Waals surface area contributed by atoms with Crippen LogP contribution >= 0.6 is 0 Å². The van der Waals surface area contributed by atoms with E-state index in [2.05, 4.69) is 10.8 Å². The largest absolute Gasteiger partial charge is 0.391 e. The van der Waals surface area contributed by atoms with E-state index in [0.29, 0.717) is 6.61 Å². The molecular weight excluding hydrogens is 184 g/mol. The Morgan fingerprint density at radius 3 is 2.86 bits per heavy atom. The lowest BCUT2D eigenvalue weighted by Crippen LogP contribution is -2.48. The number of amides is 2. The molecule has 2 atom stereocenters. The molecule has 1 fully saturated rings. The summed E-state index contributed by atoms with van der Waals surface area (Å²) in [5.41, 5.74) is 2.24. The molecule has 1 rings (SSSR count). The Morgan fingerprint density at radius 2 is 2.21 bits per heavy atom. The summed E-state index contributed by atoms with van der Waals surface area (Å²) in [4.78, 5) is 15.9. The third-order valence-electron chi connectivity index (χ3n) is 2.36. The fourth-order valence-corrected chi connectivity index (χ4v) is 1.62. The number of hydrogen-bond donors (Lipinski definition) is 3. The Morgan fingerprint density at radius 1 is 1.50 bits per heavy atom. The number of urea groups is 1. The highest BCUT2D eigenvalue weighted by molar-refractivity contribution is 5.73. The van der Waals surface area contributed by atoms with Crippen LogP contribution in [0.2, 0.25) is 0 Å². The molecule has 1 aliphatic carbocycles. The highest BCUT2D eigenvalue weighted by Gasteiger charge is 2.24. The quantitative estimate of drug-likeness (QED) is 0.585. The van der Waals surface area contributed by atoms with E-state index in [-0.39, 0.29) is 12.1 Å². The van der Waals surface area contributed by atoms with Gasteiger partial charge in [0, 0.05) is 0 Å². The molecule has 1 aliphatic rings. The van der Waals surface area contributed by atoms with Gasteiger partial charge in [0.15, 0.2) is 0 Å². The van der Waals surface area contributed by atoms with Gasteiger partial charge in [0.1, 0.15) is 0 Å². The van der Waals surface area contributed by atoms with Crippen LogP contribution in [-0.2, 0) is 4.84 Å². The Bertz CT molecular complexity index is 187. The predicted molar refractivity (Wildman–Crippen MR) is 51.6 cm³/mol. The minimum Gasteiger partial charge on any atom is -0.391 e. The molecule has 0 heterocycles. The van der Waals surface area contributed by atoms with Crippen molar-refractivity contribution in [2.75, 3.05) is 6.61 Å². The summed E-state index contributed by atoms with van der Waals surface area (Å²) < 4.78 is 0. The smallest absolute Gasteiger partial charge is 0.339 e. The minimum atomic E-state index is -0.420. The summed E-state index contributed by atoms with van der Waals surface area (Å²) in [5, 5.41) is 12.2. The first kappa shape index (κ1) is 11.3. The molecule has 82 valence electrons. The lowest BCUT2D eigenvalue weighted by molar-refractivity contribution is 0.0583. The standard InChI is InChI=1S/C9H18N2O3/c1-2-14-11-9(13)10-7-5-3-4-6-8(7)12/h7-8,12H,2-6H2,1H3,(H2,10,11,13). The number of hydrogen-bond acceptors (Lipinski definition) is 3. The van der Waals surface area contributed by atoms with Crippen LogP contribution in [0.4, 0.5) is 4.79 Å². The minimum absolute atomic E-state index is 0.135. The average Bonchev–Trinajstić information content (AvgIpc) is 2.18. The Balaban J connectivity index is 2.23. The van der Waals surface area contributed by atoms with Crippen LogP contribution in [0.5, 0.6) is 0 Å². The molecule has 2 amide bonds. The number of carbonyl (C=O) groups excluding carboxylic acids is 1. The second-order valence-electron chi connectivity index (χ2n) is 3.47. The lowest BCUT2D eigenvalue weighted by atomic mass is 9.93. The fraction of sp³-hybridized carbons (Fsp3) is 0.889. The SMILES string of the molecule is CCONC(=O)NC1CCCCC1O. The van der Waals surface area contributed by atoms with Crippen molar-refractivity contribution in [2.45, 2.75) is 44.8 Å². The molecule has 0 saturated heterocycles. The molecule has 0 aliphatic heterocycles. The van der Waals surface area contributed by atoms with Crippen molar-refractivity contribution in [1.29, 1.82) is 0 Å². The first-order chi connectivity index (χ1) is 6.74. The monoisotopic (exact) mass is 202 g/mol. The zero-order valence-electron chi connectivity index (χ0n) is 8.45.